The van der Waals surface area contributed by atoms with Gasteiger partial charge in [-0.25, -0.2) is 13.2 Å². The second kappa shape index (κ2) is 3.61. The van der Waals surface area contributed by atoms with Crippen molar-refractivity contribution < 1.29 is 18.3 Å². The molecule has 0 spiro atoms. The fourth-order valence-corrected chi connectivity index (χ4v) is 1.13. The van der Waals surface area contributed by atoms with E-state index >= 15 is 0 Å². The van der Waals surface area contributed by atoms with Crippen LogP contribution < -0.4 is 0 Å². The molecule has 0 aliphatic carbocycles. The molecular weight excluding hydrogens is 193 g/mol. The van der Waals surface area contributed by atoms with Crippen molar-refractivity contribution in [2.24, 2.45) is 0 Å². The fraction of sp³-hybridized carbons (Fsp3) is 0.400. The highest BCUT2D eigenvalue weighted by molar-refractivity contribution is 5.27. The van der Waals surface area contributed by atoms with Crippen LogP contribution in [0.5, 0.6) is 0 Å². The van der Waals surface area contributed by atoms with E-state index in [1.807, 2.05) is 0 Å². The summed E-state index contributed by atoms with van der Waals surface area (Å²) in [6, 6.07) is 1.38. The van der Waals surface area contributed by atoms with Crippen molar-refractivity contribution in [2.75, 3.05) is 6.61 Å². The molecule has 0 saturated heterocycles. The summed E-state index contributed by atoms with van der Waals surface area (Å²) in [5.41, 5.74) is -1.15. The molecule has 1 aromatic rings. The van der Waals surface area contributed by atoms with Crippen LogP contribution in [0.25, 0.3) is 0 Å². The van der Waals surface area contributed by atoms with Crippen LogP contribution in [0, 0.1) is 17.5 Å². The average Bonchev–Trinajstić information content (AvgIpc) is 2.11. The van der Waals surface area contributed by atoms with Crippen molar-refractivity contribution in [3.8, 4) is 0 Å². The molecule has 0 aromatic heterocycles. The van der Waals surface area contributed by atoms with E-state index in [4.69, 9.17) is 5.11 Å². The van der Waals surface area contributed by atoms with Gasteiger partial charge in [-0.2, -0.15) is 0 Å². The van der Waals surface area contributed by atoms with Crippen LogP contribution in [0.4, 0.5) is 13.2 Å². The minimum absolute atomic E-state index is 0.155. The zero-order valence-electron chi connectivity index (χ0n) is 7.94. The van der Waals surface area contributed by atoms with E-state index in [0.29, 0.717) is 6.07 Å². The Morgan fingerprint density at radius 3 is 2.29 bits per heavy atom. The van der Waals surface area contributed by atoms with Crippen LogP contribution in [0.15, 0.2) is 12.1 Å². The first-order valence-corrected chi connectivity index (χ1v) is 4.14. The molecule has 0 aliphatic rings. The summed E-state index contributed by atoms with van der Waals surface area (Å²) in [5, 5.41) is 8.94. The normalized spacial score (nSPS) is 11.9. The van der Waals surface area contributed by atoms with Crippen LogP contribution in [0.3, 0.4) is 0 Å². The Balaban J connectivity index is 3.34. The van der Waals surface area contributed by atoms with Gasteiger partial charge in [0.25, 0.3) is 0 Å². The maximum Gasteiger partial charge on any atom is 0.162 e. The first kappa shape index (κ1) is 11.0. The third-order valence-electron chi connectivity index (χ3n) is 2.12. The van der Waals surface area contributed by atoms with Gasteiger partial charge in [0.2, 0.25) is 0 Å². The Kier molecular flexibility index (Phi) is 2.85. The standard InChI is InChI=1S/C10H11F3O/c1-10(2,5-14)7-3-6(11)4-8(12)9(7)13/h3-4,14H,5H2,1-2H3. The molecule has 0 radical (unpaired) electrons. The van der Waals surface area contributed by atoms with Crippen molar-refractivity contribution in [2.45, 2.75) is 19.3 Å². The van der Waals surface area contributed by atoms with Gasteiger partial charge in [-0.1, -0.05) is 13.8 Å². The Labute approximate surface area is 80.2 Å². The number of hydrogen-bond acceptors (Lipinski definition) is 1. The lowest BCUT2D eigenvalue weighted by Gasteiger charge is -2.22. The molecule has 0 unspecified atom stereocenters. The van der Waals surface area contributed by atoms with Crippen LogP contribution >= 0.6 is 0 Å². The number of benzene rings is 1. The van der Waals surface area contributed by atoms with Gasteiger partial charge >= 0.3 is 0 Å². The quantitative estimate of drug-likeness (QED) is 0.733. The lowest BCUT2D eigenvalue weighted by molar-refractivity contribution is 0.213. The monoisotopic (exact) mass is 204 g/mol. The Morgan fingerprint density at radius 1 is 1.21 bits per heavy atom. The van der Waals surface area contributed by atoms with Crippen LogP contribution in [-0.4, -0.2) is 11.7 Å². The number of aliphatic hydroxyl groups is 1. The number of hydrogen-bond donors (Lipinski definition) is 1. The fourth-order valence-electron chi connectivity index (χ4n) is 1.13. The Hall–Kier alpha value is -1.03. The summed E-state index contributed by atoms with van der Waals surface area (Å²) in [6.45, 7) is 2.63. The van der Waals surface area contributed by atoms with Crippen molar-refractivity contribution in [1.29, 1.82) is 0 Å². The van der Waals surface area contributed by atoms with Gasteiger partial charge in [-0.3, -0.25) is 0 Å². The number of rotatable bonds is 2. The molecule has 0 saturated carbocycles. The van der Waals surface area contributed by atoms with Gasteiger partial charge in [0.1, 0.15) is 5.82 Å². The van der Waals surface area contributed by atoms with Crippen LogP contribution in [-0.2, 0) is 5.41 Å². The summed E-state index contributed by atoms with van der Waals surface area (Å²) in [6.07, 6.45) is 0. The number of halogens is 3. The minimum Gasteiger partial charge on any atom is -0.395 e. The summed E-state index contributed by atoms with van der Waals surface area (Å²) in [7, 11) is 0. The number of aliphatic hydroxyl groups excluding tert-OH is 1. The molecule has 0 fully saturated rings. The maximum absolute atomic E-state index is 13.2. The highest BCUT2D eigenvalue weighted by atomic mass is 19.2. The molecule has 1 rings (SSSR count). The highest BCUT2D eigenvalue weighted by Crippen LogP contribution is 2.27. The first-order valence-electron chi connectivity index (χ1n) is 4.14. The smallest absolute Gasteiger partial charge is 0.162 e. The van der Waals surface area contributed by atoms with Gasteiger partial charge in [0, 0.05) is 17.0 Å². The van der Waals surface area contributed by atoms with E-state index in [1.165, 1.54) is 13.8 Å². The van der Waals surface area contributed by atoms with Crippen molar-refractivity contribution in [1.82, 2.24) is 0 Å². The molecule has 14 heavy (non-hydrogen) atoms. The predicted molar refractivity (Wildman–Crippen MR) is 46.4 cm³/mol. The second-order valence-electron chi connectivity index (χ2n) is 3.79. The lowest BCUT2D eigenvalue weighted by Crippen LogP contribution is -2.24. The molecule has 0 atom stereocenters. The Morgan fingerprint density at radius 2 is 1.79 bits per heavy atom. The molecular formula is C10H11F3O. The van der Waals surface area contributed by atoms with Gasteiger partial charge < -0.3 is 5.11 Å². The van der Waals surface area contributed by atoms with E-state index in [0.717, 1.165) is 6.07 Å². The van der Waals surface area contributed by atoms with Crippen LogP contribution in [0.2, 0.25) is 0 Å². The zero-order chi connectivity index (χ0) is 10.9. The van der Waals surface area contributed by atoms with E-state index in [1.54, 1.807) is 0 Å². The average molecular weight is 204 g/mol. The minimum atomic E-state index is -1.23. The third-order valence-corrected chi connectivity index (χ3v) is 2.12. The topological polar surface area (TPSA) is 20.2 Å². The van der Waals surface area contributed by atoms with Crippen molar-refractivity contribution >= 4 is 0 Å². The maximum atomic E-state index is 13.2. The second-order valence-corrected chi connectivity index (χ2v) is 3.79. The molecule has 0 amide bonds. The molecule has 0 heterocycles. The Bertz CT molecular complexity index is 347. The van der Waals surface area contributed by atoms with Crippen LogP contribution in [0.1, 0.15) is 19.4 Å². The molecule has 1 N–H and O–H groups in total. The van der Waals surface area contributed by atoms with E-state index in [2.05, 4.69) is 0 Å². The summed E-state index contributed by atoms with van der Waals surface area (Å²) < 4.78 is 38.8. The molecule has 0 bridgehead atoms. The highest BCUT2D eigenvalue weighted by Gasteiger charge is 2.26. The van der Waals surface area contributed by atoms with E-state index in [-0.39, 0.29) is 12.2 Å². The molecule has 1 aromatic carbocycles. The van der Waals surface area contributed by atoms with Gasteiger partial charge in [0.15, 0.2) is 11.6 Å². The van der Waals surface area contributed by atoms with Gasteiger partial charge in [-0.15, -0.1) is 0 Å². The molecule has 0 aliphatic heterocycles. The molecule has 78 valence electrons. The van der Waals surface area contributed by atoms with Gasteiger partial charge in [0.05, 0.1) is 6.61 Å². The summed E-state index contributed by atoms with van der Waals surface area (Å²) in [4.78, 5) is 0. The largest absolute Gasteiger partial charge is 0.395 e. The first-order chi connectivity index (χ1) is 6.38. The van der Waals surface area contributed by atoms with Gasteiger partial charge in [-0.05, 0) is 6.07 Å². The SMILES string of the molecule is CC(C)(CO)c1cc(F)cc(F)c1F. The summed E-state index contributed by atoms with van der Waals surface area (Å²) in [5.74, 6) is -3.19. The third kappa shape index (κ3) is 1.90. The lowest BCUT2D eigenvalue weighted by atomic mass is 9.85. The molecule has 1 nitrogen and oxygen atoms in total. The zero-order valence-corrected chi connectivity index (χ0v) is 7.94. The molecule has 4 heteroatoms. The van der Waals surface area contributed by atoms with E-state index in [9.17, 15) is 13.2 Å². The summed E-state index contributed by atoms with van der Waals surface area (Å²) >= 11 is 0. The predicted octanol–water partition coefficient (Wildman–Crippen LogP) is 2.37. The van der Waals surface area contributed by atoms with Crippen molar-refractivity contribution in [3.05, 3.63) is 35.1 Å². The van der Waals surface area contributed by atoms with Crippen molar-refractivity contribution in [3.63, 3.8) is 0 Å². The van der Waals surface area contributed by atoms with E-state index < -0.39 is 22.9 Å².